The smallest absolute Gasteiger partial charge is 0.262 e. The number of nitrogens with two attached hydrogens (primary N) is 1. The van der Waals surface area contributed by atoms with E-state index in [0.29, 0.717) is 23.7 Å². The molecule has 1 unspecified atom stereocenters. The summed E-state index contributed by atoms with van der Waals surface area (Å²) in [6, 6.07) is 14.5. The molecule has 2 aromatic carbocycles. The molecule has 28 heavy (non-hydrogen) atoms. The molecule has 0 bridgehead atoms. The Hall–Kier alpha value is -3.06. The van der Waals surface area contributed by atoms with Crippen LogP contribution in [0.1, 0.15) is 18.4 Å². The summed E-state index contributed by atoms with van der Waals surface area (Å²) in [6.07, 6.45) is 1.71. The van der Waals surface area contributed by atoms with Gasteiger partial charge in [0.2, 0.25) is 5.91 Å². The highest BCUT2D eigenvalue weighted by atomic mass is 16.5. The van der Waals surface area contributed by atoms with Crippen LogP contribution in [-0.4, -0.2) is 43.0 Å². The van der Waals surface area contributed by atoms with Crippen molar-refractivity contribution in [3.63, 3.8) is 0 Å². The van der Waals surface area contributed by atoms with Crippen LogP contribution in [0.15, 0.2) is 48.5 Å². The van der Waals surface area contributed by atoms with Gasteiger partial charge in [0.05, 0.1) is 13.2 Å². The maximum atomic E-state index is 12.4. The molecule has 0 radical (unpaired) electrons. The molecule has 2 amide bonds. The number of anilines is 1. The molecule has 3 N–H and O–H groups in total. The van der Waals surface area contributed by atoms with Crippen molar-refractivity contribution in [3.05, 3.63) is 54.1 Å². The summed E-state index contributed by atoms with van der Waals surface area (Å²) in [6.45, 7) is 1.23. The Labute approximate surface area is 164 Å². The highest BCUT2D eigenvalue weighted by molar-refractivity contribution is 5.92. The maximum Gasteiger partial charge on any atom is 0.262 e. The minimum atomic E-state index is -0.302. The lowest BCUT2D eigenvalue weighted by Crippen LogP contribution is -2.39. The number of rotatable bonds is 8. The minimum Gasteiger partial charge on any atom is -0.493 e. The Morgan fingerprint density at radius 3 is 2.61 bits per heavy atom. The highest BCUT2D eigenvalue weighted by Crippen LogP contribution is 2.26. The van der Waals surface area contributed by atoms with Crippen LogP contribution in [0.25, 0.3) is 0 Å². The van der Waals surface area contributed by atoms with E-state index >= 15 is 0 Å². The number of hydrogen-bond donors (Lipinski definition) is 2. The van der Waals surface area contributed by atoms with Gasteiger partial charge >= 0.3 is 0 Å². The number of carbonyl (C=O) groups excluding carboxylic acids is 2. The molecule has 0 spiro atoms. The van der Waals surface area contributed by atoms with Crippen LogP contribution in [-0.2, 0) is 16.1 Å². The van der Waals surface area contributed by atoms with Gasteiger partial charge in [-0.1, -0.05) is 30.3 Å². The first-order valence-corrected chi connectivity index (χ1v) is 9.25. The van der Waals surface area contributed by atoms with Gasteiger partial charge in [-0.05, 0) is 43.1 Å². The van der Waals surface area contributed by atoms with Crippen molar-refractivity contribution < 1.29 is 19.1 Å². The fourth-order valence-corrected chi connectivity index (χ4v) is 3.40. The molecule has 0 saturated carbocycles. The molecule has 2 aromatic rings. The van der Waals surface area contributed by atoms with Crippen molar-refractivity contribution in [3.8, 4) is 11.5 Å². The Kier molecular flexibility index (Phi) is 6.49. The molecule has 1 fully saturated rings. The lowest BCUT2D eigenvalue weighted by Gasteiger charge is -2.23. The van der Waals surface area contributed by atoms with Gasteiger partial charge in [-0.2, -0.15) is 0 Å². The number of carbonyl (C=O) groups is 2. The summed E-state index contributed by atoms with van der Waals surface area (Å²) in [5.74, 6) is 0.507. The van der Waals surface area contributed by atoms with Gasteiger partial charge in [-0.3, -0.25) is 14.5 Å². The van der Waals surface area contributed by atoms with Crippen LogP contribution in [0.2, 0.25) is 0 Å². The van der Waals surface area contributed by atoms with E-state index in [0.717, 1.165) is 24.9 Å². The molecule has 1 saturated heterocycles. The lowest BCUT2D eigenvalue weighted by molar-refractivity contribution is -0.122. The van der Waals surface area contributed by atoms with E-state index < -0.39 is 0 Å². The van der Waals surface area contributed by atoms with Crippen molar-refractivity contribution in [2.75, 3.05) is 25.6 Å². The molecule has 1 aliphatic rings. The Balaban J connectivity index is 1.63. The predicted molar refractivity (Wildman–Crippen MR) is 106 cm³/mol. The van der Waals surface area contributed by atoms with Gasteiger partial charge in [-0.15, -0.1) is 0 Å². The topological polar surface area (TPSA) is 93.9 Å². The van der Waals surface area contributed by atoms with E-state index in [1.807, 2.05) is 36.4 Å². The normalized spacial score (nSPS) is 16.5. The van der Waals surface area contributed by atoms with Crippen LogP contribution in [0.5, 0.6) is 11.5 Å². The highest BCUT2D eigenvalue weighted by Gasteiger charge is 2.29. The van der Waals surface area contributed by atoms with E-state index in [-0.39, 0.29) is 24.5 Å². The fourth-order valence-electron chi connectivity index (χ4n) is 3.40. The lowest BCUT2D eigenvalue weighted by atomic mass is 10.1. The number of nitrogens with one attached hydrogen (secondary N) is 1. The van der Waals surface area contributed by atoms with Gasteiger partial charge in [0, 0.05) is 12.2 Å². The van der Waals surface area contributed by atoms with E-state index in [1.165, 1.54) is 0 Å². The molecule has 1 heterocycles. The first kappa shape index (κ1) is 19.7. The number of primary amides is 1. The molecular formula is C21H25N3O4. The van der Waals surface area contributed by atoms with Crippen LogP contribution in [0.4, 0.5) is 5.69 Å². The third-order valence-electron chi connectivity index (χ3n) is 4.78. The number of likely N-dealkylation sites (tertiary alicyclic amines) is 1. The van der Waals surface area contributed by atoms with E-state index in [9.17, 15) is 9.59 Å². The number of ether oxygens (including phenoxy) is 2. The zero-order valence-electron chi connectivity index (χ0n) is 15.9. The monoisotopic (exact) mass is 383 g/mol. The SMILES string of the molecule is COc1ccccc1OCC(=O)Nc1ccccc1CN1CCCC1C(N)=O. The summed E-state index contributed by atoms with van der Waals surface area (Å²) in [5.41, 5.74) is 7.13. The van der Waals surface area contributed by atoms with Crippen molar-refractivity contribution in [2.24, 2.45) is 5.73 Å². The molecule has 148 valence electrons. The van der Waals surface area contributed by atoms with Crippen molar-refractivity contribution in [1.29, 1.82) is 0 Å². The van der Waals surface area contributed by atoms with Crippen LogP contribution < -0.4 is 20.5 Å². The first-order valence-electron chi connectivity index (χ1n) is 9.25. The number of benzene rings is 2. The van der Waals surface area contributed by atoms with Crippen molar-refractivity contribution in [1.82, 2.24) is 4.90 Å². The largest absolute Gasteiger partial charge is 0.493 e. The van der Waals surface area contributed by atoms with Crippen LogP contribution in [0.3, 0.4) is 0 Å². The standard InChI is InChI=1S/C21H25N3O4/c1-27-18-10-4-5-11-19(18)28-14-20(25)23-16-8-3-2-7-15(16)13-24-12-6-9-17(24)21(22)26/h2-5,7-8,10-11,17H,6,9,12-14H2,1H3,(H2,22,26)(H,23,25). The molecule has 0 aliphatic carbocycles. The maximum absolute atomic E-state index is 12.4. The zero-order valence-corrected chi connectivity index (χ0v) is 15.9. The second-order valence-electron chi connectivity index (χ2n) is 6.68. The van der Waals surface area contributed by atoms with E-state index in [4.69, 9.17) is 15.2 Å². The number of nitrogens with zero attached hydrogens (tertiary/aromatic N) is 1. The van der Waals surface area contributed by atoms with Crippen molar-refractivity contribution >= 4 is 17.5 Å². The second kappa shape index (κ2) is 9.23. The predicted octanol–water partition coefficient (Wildman–Crippen LogP) is 2.16. The Bertz CT molecular complexity index is 840. The number of hydrogen-bond acceptors (Lipinski definition) is 5. The summed E-state index contributed by atoms with van der Waals surface area (Å²) in [7, 11) is 1.55. The third-order valence-corrected chi connectivity index (χ3v) is 4.78. The molecule has 1 atom stereocenters. The molecule has 7 nitrogen and oxygen atoms in total. The van der Waals surface area contributed by atoms with E-state index in [1.54, 1.807) is 19.2 Å². The average molecular weight is 383 g/mol. The summed E-state index contributed by atoms with van der Waals surface area (Å²) in [4.78, 5) is 26.1. The van der Waals surface area contributed by atoms with E-state index in [2.05, 4.69) is 10.2 Å². The molecule has 3 rings (SSSR count). The third kappa shape index (κ3) is 4.80. The average Bonchev–Trinajstić information content (AvgIpc) is 3.16. The summed E-state index contributed by atoms with van der Waals surface area (Å²) in [5, 5.41) is 2.89. The molecule has 0 aromatic heterocycles. The van der Waals surface area contributed by atoms with Gasteiger partial charge in [0.1, 0.15) is 0 Å². The first-order chi connectivity index (χ1) is 13.6. The van der Waals surface area contributed by atoms with Gasteiger partial charge < -0.3 is 20.5 Å². The Morgan fingerprint density at radius 1 is 1.14 bits per heavy atom. The van der Waals surface area contributed by atoms with Crippen LogP contribution in [0, 0.1) is 0 Å². The number of methoxy groups -OCH3 is 1. The number of para-hydroxylation sites is 3. The quantitative estimate of drug-likeness (QED) is 0.729. The zero-order chi connectivity index (χ0) is 19.9. The molecular weight excluding hydrogens is 358 g/mol. The minimum absolute atomic E-state index is 0.137. The molecule has 1 aliphatic heterocycles. The van der Waals surface area contributed by atoms with Gasteiger partial charge in [0.25, 0.3) is 5.91 Å². The Morgan fingerprint density at radius 2 is 1.86 bits per heavy atom. The summed E-state index contributed by atoms with van der Waals surface area (Å²) >= 11 is 0. The second-order valence-corrected chi connectivity index (χ2v) is 6.68. The molecule has 7 heteroatoms. The fraction of sp³-hybridized carbons (Fsp3) is 0.333. The number of amides is 2. The summed E-state index contributed by atoms with van der Waals surface area (Å²) < 4.78 is 10.8. The van der Waals surface area contributed by atoms with Gasteiger partial charge in [0.15, 0.2) is 18.1 Å². The van der Waals surface area contributed by atoms with Crippen molar-refractivity contribution in [2.45, 2.75) is 25.4 Å². The van der Waals surface area contributed by atoms with Gasteiger partial charge in [-0.25, -0.2) is 0 Å². The van der Waals surface area contributed by atoms with Crippen LogP contribution >= 0.6 is 0 Å².